The van der Waals surface area contributed by atoms with Crippen molar-refractivity contribution in [1.82, 2.24) is 19.5 Å². The maximum Gasteiger partial charge on any atom is 0.254 e. The molecule has 0 aromatic carbocycles. The first-order valence-electron chi connectivity index (χ1n) is 12.6. The zero-order chi connectivity index (χ0) is 24.8. The number of fused-ring (bicyclic) bond motifs is 1. The van der Waals surface area contributed by atoms with E-state index in [1.807, 2.05) is 61.5 Å². The summed E-state index contributed by atoms with van der Waals surface area (Å²) in [5.74, 6) is 1.00. The van der Waals surface area contributed by atoms with Gasteiger partial charge in [-0.05, 0) is 52.0 Å². The molecule has 34 heavy (non-hydrogen) atoms. The van der Waals surface area contributed by atoms with Gasteiger partial charge in [0.2, 0.25) is 0 Å². The molecule has 0 radical (unpaired) electrons. The Morgan fingerprint density at radius 2 is 2.00 bits per heavy atom. The maximum atomic E-state index is 13.5. The van der Waals surface area contributed by atoms with Crippen molar-refractivity contribution in [3.8, 4) is 0 Å². The molecule has 4 rings (SSSR count). The second kappa shape index (κ2) is 11.5. The summed E-state index contributed by atoms with van der Waals surface area (Å²) in [6, 6.07) is 2.17. The topological polar surface area (TPSA) is 79.8 Å². The van der Waals surface area contributed by atoms with E-state index in [1.54, 1.807) is 6.08 Å². The molecule has 0 bridgehead atoms. The van der Waals surface area contributed by atoms with E-state index in [-0.39, 0.29) is 18.0 Å². The Morgan fingerprint density at radius 3 is 2.65 bits per heavy atom. The number of nitrogens with zero attached hydrogens (tertiary/aromatic N) is 5. The Bertz CT molecular complexity index is 1080. The van der Waals surface area contributed by atoms with Gasteiger partial charge in [-0.3, -0.25) is 4.79 Å². The van der Waals surface area contributed by atoms with E-state index < -0.39 is 0 Å². The van der Waals surface area contributed by atoms with Gasteiger partial charge in [0.25, 0.3) is 5.91 Å². The molecule has 2 aliphatic heterocycles. The van der Waals surface area contributed by atoms with Crippen LogP contribution in [0.4, 0.5) is 5.82 Å². The number of piperidine rings is 1. The van der Waals surface area contributed by atoms with E-state index in [2.05, 4.69) is 18.4 Å². The van der Waals surface area contributed by atoms with Gasteiger partial charge >= 0.3 is 0 Å². The second-order valence-corrected chi connectivity index (χ2v) is 8.93. The molecule has 2 aromatic rings. The molecular weight excluding hydrogens is 424 g/mol. The predicted molar refractivity (Wildman–Crippen MR) is 140 cm³/mol. The van der Waals surface area contributed by atoms with Gasteiger partial charge in [-0.15, -0.1) is 0 Å². The van der Waals surface area contributed by atoms with E-state index >= 15 is 0 Å². The van der Waals surface area contributed by atoms with Crippen LogP contribution in [0, 0.1) is 6.92 Å². The Balaban J connectivity index is 0.00000158. The van der Waals surface area contributed by atoms with E-state index in [1.165, 1.54) is 0 Å². The highest BCUT2D eigenvalue weighted by molar-refractivity contribution is 5.97. The summed E-state index contributed by atoms with van der Waals surface area (Å²) in [6.45, 7) is 16.3. The minimum absolute atomic E-state index is 0.0215. The van der Waals surface area contributed by atoms with Gasteiger partial charge in [0.15, 0.2) is 5.65 Å². The first-order chi connectivity index (χ1) is 16.4. The van der Waals surface area contributed by atoms with Gasteiger partial charge in [0.05, 0.1) is 11.7 Å². The molecule has 4 heterocycles. The largest absolute Gasteiger partial charge is 0.355 e. The fraction of sp³-hybridized carbons (Fsp3) is 0.519. The highest BCUT2D eigenvalue weighted by atomic mass is 16.2. The number of aryl methyl sites for hydroxylation is 1. The first kappa shape index (κ1) is 25.7. The van der Waals surface area contributed by atoms with Gasteiger partial charge in [0, 0.05) is 49.1 Å². The molecule has 2 atom stereocenters. The quantitative estimate of drug-likeness (QED) is 0.511. The fourth-order valence-electron chi connectivity index (χ4n) is 4.88. The lowest BCUT2D eigenvalue weighted by Gasteiger charge is -2.35. The van der Waals surface area contributed by atoms with E-state index in [4.69, 9.17) is 15.8 Å². The third-order valence-electron chi connectivity index (χ3n) is 6.53. The minimum Gasteiger partial charge on any atom is -0.355 e. The Hall–Kier alpha value is -2.93. The molecule has 1 amide bonds. The summed E-state index contributed by atoms with van der Waals surface area (Å²) in [6.07, 6.45) is 11.6. The van der Waals surface area contributed by atoms with E-state index in [9.17, 15) is 4.79 Å². The van der Waals surface area contributed by atoms with Crippen LogP contribution >= 0.6 is 0 Å². The third kappa shape index (κ3) is 5.25. The molecule has 7 heteroatoms. The number of aromatic nitrogens is 3. The average molecular weight is 465 g/mol. The van der Waals surface area contributed by atoms with Gasteiger partial charge in [-0.2, -0.15) is 5.10 Å². The average Bonchev–Trinajstić information content (AvgIpc) is 3.46. The van der Waals surface area contributed by atoms with E-state index in [0.717, 1.165) is 73.6 Å². The molecule has 7 nitrogen and oxygen atoms in total. The van der Waals surface area contributed by atoms with Gasteiger partial charge in [-0.25, -0.2) is 9.50 Å². The SMILES string of the molecule is C=C/C(C(=O)N1CCCC[C@H]1c1cc2nc(N3CC[C@H](N)C3)c(C)cn2n1)=C(C)\C=C\C.CC. The van der Waals surface area contributed by atoms with E-state index in [0.29, 0.717) is 5.57 Å². The zero-order valence-corrected chi connectivity index (χ0v) is 21.4. The van der Waals surface area contributed by atoms with Crippen molar-refractivity contribution < 1.29 is 4.79 Å². The number of rotatable bonds is 5. The molecule has 184 valence electrons. The van der Waals surface area contributed by atoms with Gasteiger partial charge in [0.1, 0.15) is 5.82 Å². The summed E-state index contributed by atoms with van der Waals surface area (Å²) in [7, 11) is 0. The van der Waals surface area contributed by atoms with Crippen molar-refractivity contribution in [3.05, 3.63) is 59.5 Å². The van der Waals surface area contributed by atoms with Crippen molar-refractivity contribution in [2.75, 3.05) is 24.5 Å². The number of carbonyl (C=O) groups is 1. The van der Waals surface area contributed by atoms with Crippen LogP contribution in [-0.4, -0.2) is 51.1 Å². The highest BCUT2D eigenvalue weighted by Gasteiger charge is 2.32. The highest BCUT2D eigenvalue weighted by Crippen LogP contribution is 2.33. The van der Waals surface area contributed by atoms with Crippen LogP contribution in [0.25, 0.3) is 5.65 Å². The lowest BCUT2D eigenvalue weighted by molar-refractivity contribution is -0.130. The summed E-state index contributed by atoms with van der Waals surface area (Å²) in [5, 5.41) is 4.84. The lowest BCUT2D eigenvalue weighted by atomic mass is 9.97. The molecule has 0 spiro atoms. The van der Waals surface area contributed by atoms with Crippen LogP contribution < -0.4 is 10.6 Å². The van der Waals surface area contributed by atoms with Crippen molar-refractivity contribution in [1.29, 1.82) is 0 Å². The molecule has 2 saturated heterocycles. The molecule has 2 aliphatic rings. The Morgan fingerprint density at radius 1 is 1.24 bits per heavy atom. The smallest absolute Gasteiger partial charge is 0.254 e. The van der Waals surface area contributed by atoms with Crippen molar-refractivity contribution in [2.24, 2.45) is 5.73 Å². The number of nitrogens with two attached hydrogens (primary N) is 1. The summed E-state index contributed by atoms with van der Waals surface area (Å²) < 4.78 is 1.84. The minimum atomic E-state index is -0.0599. The lowest BCUT2D eigenvalue weighted by Crippen LogP contribution is -2.39. The molecule has 0 unspecified atom stereocenters. The standard InChI is InChI=1S/C25H34N6O.C2H6/c1-5-9-17(3)20(6-2)25(32)30-12-8-7-10-22(30)21-14-23-27-24(18(4)15-31(23)28-21)29-13-11-19(26)16-29;1-2/h5-6,9,14-15,19,22H,2,7-8,10-13,16,26H2,1,3-4H3;1-2H3/b9-5+,20-17+;/t19-,22-;/m0./s1. The normalized spacial score (nSPS) is 21.5. The van der Waals surface area contributed by atoms with Crippen molar-refractivity contribution in [2.45, 2.75) is 72.4 Å². The number of carbonyl (C=O) groups excluding carboxylic acids is 1. The Kier molecular flexibility index (Phi) is 8.67. The van der Waals surface area contributed by atoms with Crippen LogP contribution in [0.15, 0.2) is 48.2 Å². The van der Waals surface area contributed by atoms with Crippen LogP contribution in [0.1, 0.15) is 70.7 Å². The maximum absolute atomic E-state index is 13.5. The third-order valence-corrected chi connectivity index (χ3v) is 6.53. The molecule has 0 aliphatic carbocycles. The van der Waals surface area contributed by atoms with Gasteiger partial charge in [-0.1, -0.05) is 38.7 Å². The number of anilines is 1. The van der Waals surface area contributed by atoms with Crippen LogP contribution in [0.2, 0.25) is 0 Å². The molecule has 2 aromatic heterocycles. The number of hydrogen-bond acceptors (Lipinski definition) is 5. The summed E-state index contributed by atoms with van der Waals surface area (Å²) in [4.78, 5) is 22.6. The van der Waals surface area contributed by atoms with Crippen molar-refractivity contribution >= 4 is 17.4 Å². The summed E-state index contributed by atoms with van der Waals surface area (Å²) >= 11 is 0. The molecule has 2 N–H and O–H groups in total. The summed E-state index contributed by atoms with van der Waals surface area (Å²) in [5.41, 5.74) is 10.5. The molecule has 0 saturated carbocycles. The van der Waals surface area contributed by atoms with Crippen LogP contribution in [0.5, 0.6) is 0 Å². The monoisotopic (exact) mass is 464 g/mol. The number of likely N-dealkylation sites (tertiary alicyclic amines) is 1. The first-order valence-corrected chi connectivity index (χ1v) is 12.6. The second-order valence-electron chi connectivity index (χ2n) is 8.93. The number of allylic oxidation sites excluding steroid dienone is 3. The fourth-order valence-corrected chi connectivity index (χ4v) is 4.88. The van der Waals surface area contributed by atoms with Gasteiger partial charge < -0.3 is 15.5 Å². The zero-order valence-electron chi connectivity index (χ0n) is 21.4. The number of hydrogen-bond donors (Lipinski definition) is 1. The van der Waals surface area contributed by atoms with Crippen LogP contribution in [0.3, 0.4) is 0 Å². The molecule has 2 fully saturated rings. The Labute approximate surface area is 204 Å². The predicted octanol–water partition coefficient (Wildman–Crippen LogP) is 4.73. The van der Waals surface area contributed by atoms with Crippen molar-refractivity contribution in [3.63, 3.8) is 0 Å². The van der Waals surface area contributed by atoms with Crippen LogP contribution in [-0.2, 0) is 4.79 Å². The number of amides is 1. The molecular formula is C27H40N6O.